The zero-order valence-electron chi connectivity index (χ0n) is 38.6. The van der Waals surface area contributed by atoms with Gasteiger partial charge in [-0.3, -0.25) is 14.3 Å². The molecule has 3 aromatic carbocycles. The van der Waals surface area contributed by atoms with Gasteiger partial charge in [-0.2, -0.15) is 5.10 Å². The van der Waals surface area contributed by atoms with Gasteiger partial charge in [0, 0.05) is 85.4 Å². The maximum atomic E-state index is 15.7. The summed E-state index contributed by atoms with van der Waals surface area (Å²) in [5.41, 5.74) is 10.7. The summed E-state index contributed by atoms with van der Waals surface area (Å²) in [5, 5.41) is 18.4. The number of anilines is 2. The third kappa shape index (κ3) is 7.85. The molecule has 66 heavy (non-hydrogen) atoms. The lowest BCUT2D eigenvalue weighted by Gasteiger charge is -2.35. The van der Waals surface area contributed by atoms with Gasteiger partial charge in [-0.15, -0.1) is 0 Å². The number of aryl methyl sites for hydroxylation is 6. The van der Waals surface area contributed by atoms with Crippen molar-refractivity contribution in [1.82, 2.24) is 28.8 Å². The molecular weight excluding hydrogens is 876 g/mol. The standard InChI is InChI=1S/C51H54Cl2N8O5/c1-28-21-35-25-42(51(64)65)59(27-36-11-9-13-43(54-36)58-18-16-57(17-19-58)34(7)62)47(35)41(22-28)60-26-31(4)61-48-39(14-15-40(52)45(48)44-32(5)55-56(8)33(44)6)38(49(61)50(60)63)12-10-20-66-37-23-29(2)46(53)30(3)24-37/h9,11,13-15,21-25,31H,10,12,16-20,26-27H2,1-8H3,(H,64,65)/t31-/m1/s1. The van der Waals surface area contributed by atoms with Crippen molar-refractivity contribution in [3.8, 4) is 16.9 Å². The van der Waals surface area contributed by atoms with Gasteiger partial charge in [-0.05, 0) is 125 Å². The molecule has 0 spiro atoms. The molecule has 342 valence electrons. The summed E-state index contributed by atoms with van der Waals surface area (Å²) in [6, 6.07) is 19.0. The predicted octanol–water partition coefficient (Wildman–Crippen LogP) is 9.89. The topological polar surface area (TPSA) is 131 Å². The first kappa shape index (κ1) is 44.9. The molecule has 2 amide bonds. The van der Waals surface area contributed by atoms with Crippen LogP contribution in [0.4, 0.5) is 11.5 Å². The number of carbonyl (C=O) groups excluding carboxylic acids is 2. The molecule has 2 aliphatic rings. The van der Waals surface area contributed by atoms with Gasteiger partial charge in [-0.1, -0.05) is 35.3 Å². The Morgan fingerprint density at radius 1 is 0.909 bits per heavy atom. The number of hydrogen-bond donors (Lipinski definition) is 1. The van der Waals surface area contributed by atoms with Crippen molar-refractivity contribution < 1.29 is 24.2 Å². The van der Waals surface area contributed by atoms with Crippen LogP contribution in [0.3, 0.4) is 0 Å². The van der Waals surface area contributed by atoms with Crippen molar-refractivity contribution in [3.63, 3.8) is 0 Å². The molecule has 7 aromatic rings. The molecule has 0 radical (unpaired) electrons. The number of carboxylic acids is 1. The fourth-order valence-electron chi connectivity index (χ4n) is 10.2. The largest absolute Gasteiger partial charge is 0.494 e. The zero-order chi connectivity index (χ0) is 46.9. The van der Waals surface area contributed by atoms with Crippen LogP contribution in [-0.4, -0.2) is 91.0 Å². The number of piperazine rings is 1. The fourth-order valence-corrected chi connectivity index (χ4v) is 10.5. The Hall–Kier alpha value is -6.31. The molecule has 1 atom stereocenters. The molecule has 4 aromatic heterocycles. The number of carboxylic acid groups (broad SMARTS) is 1. The second-order valence-corrected chi connectivity index (χ2v) is 18.7. The lowest BCUT2D eigenvalue weighted by Crippen LogP contribution is -2.48. The number of halogens is 2. The molecule has 1 N–H and O–H groups in total. The van der Waals surface area contributed by atoms with Crippen molar-refractivity contribution in [2.45, 2.75) is 73.9 Å². The highest BCUT2D eigenvalue weighted by atomic mass is 35.5. The van der Waals surface area contributed by atoms with Crippen molar-refractivity contribution in [1.29, 1.82) is 0 Å². The summed E-state index contributed by atoms with van der Waals surface area (Å²) in [7, 11) is 1.92. The molecule has 15 heteroatoms. The van der Waals surface area contributed by atoms with Crippen molar-refractivity contribution >= 4 is 74.3 Å². The van der Waals surface area contributed by atoms with Gasteiger partial charge >= 0.3 is 5.97 Å². The summed E-state index contributed by atoms with van der Waals surface area (Å²) in [6.07, 6.45) is 1.16. The molecule has 0 bridgehead atoms. The van der Waals surface area contributed by atoms with Gasteiger partial charge in [0.1, 0.15) is 23.0 Å². The van der Waals surface area contributed by atoms with Gasteiger partial charge in [-0.25, -0.2) is 9.78 Å². The lowest BCUT2D eigenvalue weighted by atomic mass is 9.98. The van der Waals surface area contributed by atoms with Crippen LogP contribution >= 0.6 is 23.2 Å². The number of nitrogens with zero attached hydrogens (tertiary/aromatic N) is 8. The minimum atomic E-state index is -1.08. The van der Waals surface area contributed by atoms with E-state index in [0.717, 1.165) is 72.3 Å². The highest BCUT2D eigenvalue weighted by molar-refractivity contribution is 6.35. The van der Waals surface area contributed by atoms with Gasteiger partial charge in [0.05, 0.1) is 46.3 Å². The normalized spacial score (nSPS) is 15.3. The summed E-state index contributed by atoms with van der Waals surface area (Å²) in [6.45, 7) is 17.0. The molecule has 0 aliphatic carbocycles. The van der Waals surface area contributed by atoms with E-state index in [9.17, 15) is 14.7 Å². The van der Waals surface area contributed by atoms with Crippen LogP contribution in [0.15, 0.2) is 60.7 Å². The molecule has 2 aliphatic heterocycles. The van der Waals surface area contributed by atoms with E-state index in [1.54, 1.807) is 17.6 Å². The maximum Gasteiger partial charge on any atom is 0.352 e. The van der Waals surface area contributed by atoms with Crippen LogP contribution < -0.4 is 14.5 Å². The average Bonchev–Trinajstić information content (AvgIpc) is 3.90. The molecule has 6 heterocycles. The van der Waals surface area contributed by atoms with E-state index in [1.807, 2.05) is 111 Å². The van der Waals surface area contributed by atoms with E-state index in [1.165, 1.54) is 0 Å². The Morgan fingerprint density at radius 3 is 2.30 bits per heavy atom. The number of aromatic carboxylic acids is 1. The third-order valence-corrected chi connectivity index (χ3v) is 14.3. The van der Waals surface area contributed by atoms with E-state index in [2.05, 4.69) is 16.4 Å². The van der Waals surface area contributed by atoms with Crippen LogP contribution in [0, 0.1) is 34.6 Å². The van der Waals surface area contributed by atoms with Gasteiger partial charge in [0.25, 0.3) is 5.91 Å². The molecule has 9 rings (SSSR count). The minimum Gasteiger partial charge on any atom is -0.494 e. The predicted molar refractivity (Wildman–Crippen MR) is 261 cm³/mol. The number of pyridine rings is 1. The molecule has 0 unspecified atom stereocenters. The number of aromatic nitrogens is 5. The van der Waals surface area contributed by atoms with Gasteiger partial charge < -0.3 is 33.7 Å². The van der Waals surface area contributed by atoms with Crippen LogP contribution in [0.2, 0.25) is 10.0 Å². The van der Waals surface area contributed by atoms with E-state index < -0.39 is 5.97 Å². The molecule has 0 saturated carbocycles. The SMILES string of the molecule is CC(=O)N1CCN(c2cccc(Cn3c(C(=O)O)cc4cc(C)cc(N5C[C@@H](C)n6c(c(CCCOc7cc(C)c(Cl)c(C)c7)c7ccc(Cl)c(-c8c(C)nn(C)c8C)c76)C5=O)c43)n2)CC1. The van der Waals surface area contributed by atoms with E-state index in [-0.39, 0.29) is 30.1 Å². The summed E-state index contributed by atoms with van der Waals surface area (Å²) in [5.74, 6) is 0.292. The highest BCUT2D eigenvalue weighted by Gasteiger charge is 2.38. The number of ether oxygens (including phenoxy) is 1. The quantitative estimate of drug-likeness (QED) is 0.127. The Bertz CT molecular complexity index is 3100. The van der Waals surface area contributed by atoms with Crippen LogP contribution in [-0.2, 0) is 24.8 Å². The number of rotatable bonds is 11. The maximum absolute atomic E-state index is 15.7. The highest BCUT2D eigenvalue weighted by Crippen LogP contribution is 2.46. The monoisotopic (exact) mass is 928 g/mol. The number of benzene rings is 3. The minimum absolute atomic E-state index is 0.0522. The number of amides is 2. The lowest BCUT2D eigenvalue weighted by molar-refractivity contribution is -0.129. The van der Waals surface area contributed by atoms with Crippen molar-refractivity contribution in [3.05, 3.63) is 121 Å². The Morgan fingerprint density at radius 2 is 1.64 bits per heavy atom. The van der Waals surface area contributed by atoms with Crippen LogP contribution in [0.1, 0.15) is 86.6 Å². The summed E-state index contributed by atoms with van der Waals surface area (Å²) >= 11 is 13.7. The zero-order valence-corrected chi connectivity index (χ0v) is 40.1. The Balaban J connectivity index is 1.15. The number of hydrogen-bond acceptors (Lipinski definition) is 7. The summed E-state index contributed by atoms with van der Waals surface area (Å²) in [4.78, 5) is 51.6. The van der Waals surface area contributed by atoms with Crippen molar-refractivity contribution in [2.24, 2.45) is 7.05 Å². The Kier molecular flexibility index (Phi) is 11.9. The van der Waals surface area contributed by atoms with Crippen LogP contribution in [0.5, 0.6) is 5.75 Å². The first-order valence-corrected chi connectivity index (χ1v) is 23.2. The smallest absolute Gasteiger partial charge is 0.352 e. The molecule has 1 saturated heterocycles. The molecule has 13 nitrogen and oxygen atoms in total. The fraction of sp³-hybridized carbons (Fsp3) is 0.353. The van der Waals surface area contributed by atoms with E-state index in [4.69, 9.17) is 38.0 Å². The van der Waals surface area contributed by atoms with E-state index in [0.29, 0.717) is 85.2 Å². The van der Waals surface area contributed by atoms with E-state index >= 15 is 4.79 Å². The Labute approximate surface area is 394 Å². The van der Waals surface area contributed by atoms with Crippen molar-refractivity contribution in [2.75, 3.05) is 49.1 Å². The van der Waals surface area contributed by atoms with Crippen LogP contribution in [0.25, 0.3) is 32.9 Å². The second kappa shape index (κ2) is 17.5. The second-order valence-electron chi connectivity index (χ2n) is 17.9. The molecule has 1 fully saturated rings. The van der Waals surface area contributed by atoms with Gasteiger partial charge in [0.15, 0.2) is 0 Å². The number of fused-ring (bicyclic) bond motifs is 4. The molecular formula is C51H54Cl2N8O5. The first-order valence-electron chi connectivity index (χ1n) is 22.4. The summed E-state index contributed by atoms with van der Waals surface area (Å²) < 4.78 is 12.1. The van der Waals surface area contributed by atoms with Gasteiger partial charge in [0.2, 0.25) is 5.91 Å². The third-order valence-electron chi connectivity index (χ3n) is 13.4. The average molecular weight is 930 g/mol. The first-order chi connectivity index (χ1) is 31.5. The number of carbonyl (C=O) groups is 3.